The number of aryl methyl sites for hydroxylation is 1. The highest BCUT2D eigenvalue weighted by molar-refractivity contribution is 5.92. The maximum atomic E-state index is 13.4. The van der Waals surface area contributed by atoms with Gasteiger partial charge in [0.05, 0.1) is 6.33 Å². The lowest BCUT2D eigenvalue weighted by atomic mass is 9.85. The highest BCUT2D eigenvalue weighted by atomic mass is 19.4. The zero-order chi connectivity index (χ0) is 23.6. The Labute approximate surface area is 192 Å². The molecular weight excluding hydrogens is 433 g/mol. The van der Waals surface area contributed by atoms with E-state index in [9.17, 15) is 18.0 Å². The molecular formula is C24H31F3N4O2. The Hall–Kier alpha value is -2.55. The molecule has 2 aliphatic carbocycles. The van der Waals surface area contributed by atoms with Gasteiger partial charge in [-0.1, -0.05) is 18.6 Å². The van der Waals surface area contributed by atoms with Crippen LogP contribution in [0.1, 0.15) is 61.0 Å². The fourth-order valence-electron chi connectivity index (χ4n) is 4.94. The Kier molecular flexibility index (Phi) is 6.97. The summed E-state index contributed by atoms with van der Waals surface area (Å²) in [5.74, 6) is -0.482. The van der Waals surface area contributed by atoms with Gasteiger partial charge in [-0.2, -0.15) is 0 Å². The second-order valence-corrected chi connectivity index (χ2v) is 9.27. The number of hydrogen-bond acceptors (Lipinski definition) is 4. The van der Waals surface area contributed by atoms with Crippen molar-refractivity contribution >= 4 is 5.91 Å². The maximum Gasteiger partial charge on any atom is 0.573 e. The summed E-state index contributed by atoms with van der Waals surface area (Å²) in [5.41, 5.74) is 0.934. The van der Waals surface area contributed by atoms with Gasteiger partial charge in [0, 0.05) is 37.9 Å². The average Bonchev–Trinajstić information content (AvgIpc) is 3.16. The molecule has 0 aliphatic heterocycles. The molecule has 2 aliphatic rings. The SMILES string of the molecule is CN(C1CCC1)C1CCC(N(Cc2cccc(OC(F)(F)F)c2)C(=O)c2cn(C)cn2)CC1. The maximum absolute atomic E-state index is 13.4. The summed E-state index contributed by atoms with van der Waals surface area (Å²) in [5, 5.41) is 0. The summed E-state index contributed by atoms with van der Waals surface area (Å²) in [6, 6.07) is 7.06. The van der Waals surface area contributed by atoms with Gasteiger partial charge in [0.15, 0.2) is 0 Å². The molecule has 0 radical (unpaired) electrons. The van der Waals surface area contributed by atoms with E-state index >= 15 is 0 Å². The summed E-state index contributed by atoms with van der Waals surface area (Å²) in [6.45, 7) is 0.207. The van der Waals surface area contributed by atoms with E-state index in [0.717, 1.165) is 25.7 Å². The zero-order valence-corrected chi connectivity index (χ0v) is 19.1. The number of hydrogen-bond donors (Lipinski definition) is 0. The van der Waals surface area contributed by atoms with Crippen molar-refractivity contribution in [3.8, 4) is 5.75 Å². The molecule has 9 heteroatoms. The van der Waals surface area contributed by atoms with Crippen LogP contribution in [0.5, 0.6) is 5.75 Å². The van der Waals surface area contributed by atoms with E-state index in [1.165, 1.54) is 37.5 Å². The number of aromatic nitrogens is 2. The lowest BCUT2D eigenvalue weighted by Crippen LogP contribution is -2.49. The van der Waals surface area contributed by atoms with Crippen LogP contribution in [-0.4, -0.2) is 56.8 Å². The number of benzene rings is 1. The largest absolute Gasteiger partial charge is 0.573 e. The molecule has 0 bridgehead atoms. The van der Waals surface area contributed by atoms with Crippen LogP contribution in [-0.2, 0) is 13.6 Å². The predicted octanol–water partition coefficient (Wildman–Crippen LogP) is 4.76. The van der Waals surface area contributed by atoms with Crippen LogP contribution in [0.25, 0.3) is 0 Å². The van der Waals surface area contributed by atoms with Crippen LogP contribution in [0.15, 0.2) is 36.8 Å². The van der Waals surface area contributed by atoms with Crippen molar-refractivity contribution in [3.05, 3.63) is 48.0 Å². The van der Waals surface area contributed by atoms with Crippen molar-refractivity contribution in [3.63, 3.8) is 0 Å². The van der Waals surface area contributed by atoms with Crippen LogP contribution < -0.4 is 4.74 Å². The van der Waals surface area contributed by atoms with Crippen molar-refractivity contribution in [2.75, 3.05) is 7.05 Å². The van der Waals surface area contributed by atoms with Crippen molar-refractivity contribution in [2.45, 2.75) is 76.0 Å². The molecule has 0 atom stereocenters. The molecule has 2 saturated carbocycles. The first-order valence-corrected chi connectivity index (χ1v) is 11.5. The molecule has 1 heterocycles. The van der Waals surface area contributed by atoms with E-state index in [2.05, 4.69) is 21.7 Å². The normalized spacial score (nSPS) is 21.6. The van der Waals surface area contributed by atoms with E-state index < -0.39 is 6.36 Å². The molecule has 0 saturated heterocycles. The number of nitrogens with zero attached hydrogens (tertiary/aromatic N) is 4. The lowest BCUT2D eigenvalue weighted by Gasteiger charge is -2.44. The molecule has 6 nitrogen and oxygen atoms in total. The number of imidazole rings is 1. The van der Waals surface area contributed by atoms with Crippen molar-refractivity contribution in [1.82, 2.24) is 19.4 Å². The molecule has 2 fully saturated rings. The Balaban J connectivity index is 1.49. The number of halogens is 3. The standard InChI is InChI=1S/C24H31F3N4O2/c1-29-15-22(28-16-29)23(32)31(14-17-5-3-8-21(13-17)33-24(25,26)27)20-11-9-19(10-12-20)30(2)18-6-4-7-18/h3,5,8,13,15-16,18-20H,4,6-7,9-12,14H2,1-2H3. The zero-order valence-electron chi connectivity index (χ0n) is 19.1. The fraction of sp³-hybridized carbons (Fsp3) is 0.583. The number of amides is 1. The van der Waals surface area contributed by atoms with Gasteiger partial charge in [-0.05, 0) is 63.3 Å². The van der Waals surface area contributed by atoms with Crippen LogP contribution >= 0.6 is 0 Å². The van der Waals surface area contributed by atoms with E-state index in [1.807, 2.05) is 0 Å². The third-order valence-corrected chi connectivity index (χ3v) is 7.00. The first kappa shape index (κ1) is 23.6. The summed E-state index contributed by atoms with van der Waals surface area (Å²) in [6.07, 6.45) is 6.04. The van der Waals surface area contributed by atoms with Crippen LogP contribution in [0.4, 0.5) is 13.2 Å². The van der Waals surface area contributed by atoms with Gasteiger partial charge in [0.2, 0.25) is 0 Å². The quantitative estimate of drug-likeness (QED) is 0.593. The average molecular weight is 465 g/mol. The van der Waals surface area contributed by atoms with Crippen molar-refractivity contribution in [1.29, 1.82) is 0 Å². The van der Waals surface area contributed by atoms with Crippen LogP contribution in [0.2, 0.25) is 0 Å². The first-order valence-electron chi connectivity index (χ1n) is 11.5. The summed E-state index contributed by atoms with van der Waals surface area (Å²) < 4.78 is 43.8. The molecule has 33 heavy (non-hydrogen) atoms. The molecule has 180 valence electrons. The summed E-state index contributed by atoms with van der Waals surface area (Å²) in [7, 11) is 4.01. The number of rotatable bonds is 7. The number of ether oxygens (including phenoxy) is 1. The monoisotopic (exact) mass is 464 g/mol. The highest BCUT2D eigenvalue weighted by Crippen LogP contribution is 2.33. The molecule has 1 aromatic heterocycles. The van der Waals surface area contributed by atoms with E-state index in [4.69, 9.17) is 0 Å². The third kappa shape index (κ3) is 5.88. The minimum atomic E-state index is -4.76. The van der Waals surface area contributed by atoms with E-state index in [-0.39, 0.29) is 24.2 Å². The van der Waals surface area contributed by atoms with E-state index in [0.29, 0.717) is 23.3 Å². The highest BCUT2D eigenvalue weighted by Gasteiger charge is 2.35. The molecule has 4 rings (SSSR count). The Morgan fingerprint density at radius 1 is 1.12 bits per heavy atom. The van der Waals surface area contributed by atoms with Gasteiger partial charge in [-0.3, -0.25) is 4.79 Å². The van der Waals surface area contributed by atoms with Crippen LogP contribution in [0.3, 0.4) is 0 Å². The molecule has 0 spiro atoms. The molecule has 0 N–H and O–H groups in total. The van der Waals surface area contributed by atoms with Crippen LogP contribution in [0, 0.1) is 0 Å². The summed E-state index contributed by atoms with van der Waals surface area (Å²) >= 11 is 0. The Morgan fingerprint density at radius 3 is 2.36 bits per heavy atom. The van der Waals surface area contributed by atoms with E-state index in [1.54, 1.807) is 35.1 Å². The van der Waals surface area contributed by atoms with Gasteiger partial charge in [-0.15, -0.1) is 13.2 Å². The smallest absolute Gasteiger partial charge is 0.406 e. The number of alkyl halides is 3. The van der Waals surface area contributed by atoms with Crippen molar-refractivity contribution < 1.29 is 22.7 Å². The minimum absolute atomic E-state index is 0.0118. The molecule has 1 amide bonds. The van der Waals surface area contributed by atoms with Crippen molar-refractivity contribution in [2.24, 2.45) is 7.05 Å². The second kappa shape index (κ2) is 9.75. The predicted molar refractivity (Wildman–Crippen MR) is 118 cm³/mol. The summed E-state index contributed by atoms with van der Waals surface area (Å²) in [4.78, 5) is 21.9. The number of carbonyl (C=O) groups excluding carboxylic acids is 1. The first-order chi connectivity index (χ1) is 15.7. The molecule has 0 unspecified atom stereocenters. The topological polar surface area (TPSA) is 50.6 Å². The Morgan fingerprint density at radius 2 is 1.79 bits per heavy atom. The lowest BCUT2D eigenvalue weighted by molar-refractivity contribution is -0.274. The van der Waals surface area contributed by atoms with Gasteiger partial charge in [-0.25, -0.2) is 4.98 Å². The van der Waals surface area contributed by atoms with Gasteiger partial charge in [0.25, 0.3) is 5.91 Å². The molecule has 2 aromatic rings. The molecule has 1 aromatic carbocycles. The third-order valence-electron chi connectivity index (χ3n) is 7.00. The second-order valence-electron chi connectivity index (χ2n) is 9.27. The number of carbonyl (C=O) groups is 1. The Bertz CT molecular complexity index is 949. The fourth-order valence-corrected chi connectivity index (χ4v) is 4.94. The minimum Gasteiger partial charge on any atom is -0.406 e. The van der Waals surface area contributed by atoms with Gasteiger partial charge >= 0.3 is 6.36 Å². The van der Waals surface area contributed by atoms with Gasteiger partial charge < -0.3 is 19.1 Å². The van der Waals surface area contributed by atoms with Gasteiger partial charge in [0.1, 0.15) is 11.4 Å².